The highest BCUT2D eigenvalue weighted by Gasteiger charge is 2.20. The van der Waals surface area contributed by atoms with E-state index in [9.17, 15) is 4.79 Å². The second kappa shape index (κ2) is 7.85. The quantitative estimate of drug-likeness (QED) is 0.579. The van der Waals surface area contributed by atoms with Crippen LogP contribution < -0.4 is 0 Å². The van der Waals surface area contributed by atoms with E-state index in [2.05, 4.69) is 29.8 Å². The number of alkyl halides is 1. The molecule has 0 spiro atoms. The van der Waals surface area contributed by atoms with Gasteiger partial charge in [0.25, 0.3) is 5.91 Å². The van der Waals surface area contributed by atoms with Crippen LogP contribution in [0, 0.1) is 0 Å². The summed E-state index contributed by atoms with van der Waals surface area (Å²) in [7, 11) is 0. The summed E-state index contributed by atoms with van der Waals surface area (Å²) in [5, 5.41) is 0.924. The van der Waals surface area contributed by atoms with Gasteiger partial charge in [-0.25, -0.2) is 0 Å². The predicted octanol–water partition coefficient (Wildman–Crippen LogP) is 4.04. The molecule has 0 saturated heterocycles. The SMILES string of the molecule is CSc1ccccc1C(=O)N(CCCBr)C(C)C. The molecule has 0 N–H and O–H groups in total. The van der Waals surface area contributed by atoms with Crippen molar-refractivity contribution < 1.29 is 4.79 Å². The minimum atomic E-state index is 0.135. The van der Waals surface area contributed by atoms with Gasteiger partial charge in [-0.15, -0.1) is 11.8 Å². The van der Waals surface area contributed by atoms with Crippen molar-refractivity contribution in [3.05, 3.63) is 29.8 Å². The molecule has 1 amide bonds. The average Bonchev–Trinajstić information content (AvgIpc) is 2.38. The first-order chi connectivity index (χ1) is 8.61. The summed E-state index contributed by atoms with van der Waals surface area (Å²) in [4.78, 5) is 15.6. The normalized spacial score (nSPS) is 10.7. The van der Waals surface area contributed by atoms with E-state index in [1.807, 2.05) is 35.4 Å². The van der Waals surface area contributed by atoms with Gasteiger partial charge >= 0.3 is 0 Å². The van der Waals surface area contributed by atoms with E-state index in [-0.39, 0.29) is 11.9 Å². The molecule has 4 heteroatoms. The summed E-state index contributed by atoms with van der Waals surface area (Å²) in [6, 6.07) is 8.04. The van der Waals surface area contributed by atoms with Crippen molar-refractivity contribution in [3.8, 4) is 0 Å². The minimum absolute atomic E-state index is 0.135. The van der Waals surface area contributed by atoms with Crippen molar-refractivity contribution in [2.75, 3.05) is 18.1 Å². The highest BCUT2D eigenvalue weighted by molar-refractivity contribution is 9.09. The van der Waals surface area contributed by atoms with Gasteiger partial charge in [0.2, 0.25) is 0 Å². The summed E-state index contributed by atoms with van der Waals surface area (Å²) in [5.41, 5.74) is 0.813. The average molecular weight is 330 g/mol. The molecule has 1 aromatic rings. The number of thioether (sulfide) groups is 1. The molecule has 0 aliphatic carbocycles. The first-order valence-corrected chi connectivity index (χ1v) is 8.46. The fourth-order valence-electron chi connectivity index (χ4n) is 1.80. The zero-order valence-electron chi connectivity index (χ0n) is 11.1. The Bertz CT molecular complexity index is 395. The Kier molecular flexibility index (Phi) is 6.79. The van der Waals surface area contributed by atoms with Crippen molar-refractivity contribution in [1.29, 1.82) is 0 Å². The Morgan fingerprint density at radius 2 is 2.06 bits per heavy atom. The van der Waals surface area contributed by atoms with E-state index in [1.165, 1.54) is 0 Å². The molecule has 0 heterocycles. The number of carbonyl (C=O) groups excluding carboxylic acids is 1. The Morgan fingerprint density at radius 1 is 1.39 bits per heavy atom. The van der Waals surface area contributed by atoms with E-state index in [0.717, 1.165) is 28.8 Å². The molecular weight excluding hydrogens is 310 g/mol. The predicted molar refractivity (Wildman–Crippen MR) is 82.8 cm³/mol. The standard InChI is InChI=1S/C14H20BrNOS/c1-11(2)16(10-6-9-15)14(17)12-7-4-5-8-13(12)18-3/h4-5,7-8,11H,6,9-10H2,1-3H3. The van der Waals surface area contributed by atoms with E-state index >= 15 is 0 Å². The number of nitrogens with zero attached hydrogens (tertiary/aromatic N) is 1. The van der Waals surface area contributed by atoms with E-state index in [4.69, 9.17) is 0 Å². The van der Waals surface area contributed by atoms with Crippen LogP contribution in [0.2, 0.25) is 0 Å². The molecule has 18 heavy (non-hydrogen) atoms. The maximum Gasteiger partial charge on any atom is 0.255 e. The summed E-state index contributed by atoms with van der Waals surface area (Å²) >= 11 is 5.04. The van der Waals surface area contributed by atoms with Crippen LogP contribution in [-0.2, 0) is 0 Å². The number of rotatable bonds is 6. The number of amides is 1. The van der Waals surface area contributed by atoms with Gasteiger partial charge in [-0.1, -0.05) is 28.1 Å². The second-order valence-corrected chi connectivity index (χ2v) is 5.98. The van der Waals surface area contributed by atoms with Crippen LogP contribution in [-0.4, -0.2) is 35.0 Å². The van der Waals surface area contributed by atoms with Gasteiger partial charge in [0, 0.05) is 22.8 Å². The van der Waals surface area contributed by atoms with Gasteiger partial charge in [0.05, 0.1) is 5.56 Å². The van der Waals surface area contributed by atoms with Gasteiger partial charge in [0.15, 0.2) is 0 Å². The molecule has 0 aliphatic heterocycles. The Morgan fingerprint density at radius 3 is 2.61 bits per heavy atom. The number of hydrogen-bond donors (Lipinski definition) is 0. The zero-order chi connectivity index (χ0) is 13.5. The third-order valence-corrected chi connectivity index (χ3v) is 4.11. The van der Waals surface area contributed by atoms with Crippen LogP contribution in [0.1, 0.15) is 30.6 Å². The molecule has 0 fully saturated rings. The van der Waals surface area contributed by atoms with Gasteiger partial charge < -0.3 is 4.90 Å². The van der Waals surface area contributed by atoms with Crippen LogP contribution >= 0.6 is 27.7 Å². The van der Waals surface area contributed by atoms with Crippen LogP contribution in [0.5, 0.6) is 0 Å². The lowest BCUT2D eigenvalue weighted by molar-refractivity contribution is 0.0703. The highest BCUT2D eigenvalue weighted by Crippen LogP contribution is 2.22. The van der Waals surface area contributed by atoms with Crippen LogP contribution in [0.15, 0.2) is 29.2 Å². The third-order valence-electron chi connectivity index (χ3n) is 2.75. The van der Waals surface area contributed by atoms with Gasteiger partial charge in [-0.05, 0) is 38.7 Å². The van der Waals surface area contributed by atoms with Crippen molar-refractivity contribution in [2.45, 2.75) is 31.2 Å². The summed E-state index contributed by atoms with van der Waals surface area (Å²) in [5.74, 6) is 0.135. The molecule has 0 aliphatic rings. The van der Waals surface area contributed by atoms with Gasteiger partial charge in [-0.2, -0.15) is 0 Å². The van der Waals surface area contributed by atoms with Crippen LogP contribution in [0.3, 0.4) is 0 Å². The van der Waals surface area contributed by atoms with E-state index in [1.54, 1.807) is 11.8 Å². The highest BCUT2D eigenvalue weighted by atomic mass is 79.9. The molecule has 0 saturated carbocycles. The first-order valence-electron chi connectivity index (χ1n) is 6.11. The third kappa shape index (κ3) is 4.02. The van der Waals surface area contributed by atoms with Gasteiger partial charge in [0.1, 0.15) is 0 Å². The maximum absolute atomic E-state index is 12.6. The fraction of sp³-hybridized carbons (Fsp3) is 0.500. The van der Waals surface area contributed by atoms with E-state index in [0.29, 0.717) is 0 Å². The topological polar surface area (TPSA) is 20.3 Å². The van der Waals surface area contributed by atoms with Crippen molar-refractivity contribution in [3.63, 3.8) is 0 Å². The summed E-state index contributed by atoms with van der Waals surface area (Å²) in [6.45, 7) is 4.92. The number of benzene rings is 1. The van der Waals surface area contributed by atoms with Crippen molar-refractivity contribution in [1.82, 2.24) is 4.90 Å². The maximum atomic E-state index is 12.6. The minimum Gasteiger partial charge on any atom is -0.336 e. The number of halogens is 1. The molecule has 0 aromatic heterocycles. The first kappa shape index (κ1) is 15.6. The van der Waals surface area contributed by atoms with Gasteiger partial charge in [-0.3, -0.25) is 4.79 Å². The molecule has 0 atom stereocenters. The fourth-order valence-corrected chi connectivity index (χ4v) is 2.64. The molecule has 0 bridgehead atoms. The Hall–Kier alpha value is -0.480. The largest absolute Gasteiger partial charge is 0.336 e. The number of hydrogen-bond acceptors (Lipinski definition) is 2. The molecule has 2 nitrogen and oxygen atoms in total. The second-order valence-electron chi connectivity index (χ2n) is 4.34. The Balaban J connectivity index is 2.94. The summed E-state index contributed by atoms with van der Waals surface area (Å²) < 4.78 is 0. The lowest BCUT2D eigenvalue weighted by Crippen LogP contribution is -2.38. The lowest BCUT2D eigenvalue weighted by Gasteiger charge is -2.27. The summed E-state index contributed by atoms with van der Waals surface area (Å²) in [6.07, 6.45) is 2.98. The zero-order valence-corrected chi connectivity index (χ0v) is 13.6. The molecule has 1 rings (SSSR count). The van der Waals surface area contributed by atoms with Crippen molar-refractivity contribution >= 4 is 33.6 Å². The lowest BCUT2D eigenvalue weighted by atomic mass is 10.1. The van der Waals surface area contributed by atoms with E-state index < -0.39 is 0 Å². The molecule has 100 valence electrons. The molecule has 0 unspecified atom stereocenters. The Labute approximate surface area is 122 Å². The van der Waals surface area contributed by atoms with Crippen LogP contribution in [0.25, 0.3) is 0 Å². The molecule has 1 aromatic carbocycles. The molecular formula is C14H20BrNOS. The van der Waals surface area contributed by atoms with Crippen LogP contribution in [0.4, 0.5) is 0 Å². The monoisotopic (exact) mass is 329 g/mol. The molecule has 0 radical (unpaired) electrons. The van der Waals surface area contributed by atoms with Crippen molar-refractivity contribution in [2.24, 2.45) is 0 Å². The number of carbonyl (C=O) groups is 1. The smallest absolute Gasteiger partial charge is 0.255 e.